The van der Waals surface area contributed by atoms with Crippen LogP contribution in [0.2, 0.25) is 0 Å². The third-order valence-electron chi connectivity index (χ3n) is 1.54. The molecule has 0 saturated heterocycles. The van der Waals surface area contributed by atoms with Gasteiger partial charge >= 0.3 is 29.6 Å². The molecule has 0 spiro atoms. The van der Waals surface area contributed by atoms with Crippen molar-refractivity contribution < 1.29 is 13.2 Å². The van der Waals surface area contributed by atoms with Gasteiger partial charge < -0.3 is 0 Å². The minimum absolute atomic E-state index is 0. The Morgan fingerprint density at radius 3 is 2.62 bits per heavy atom. The van der Waals surface area contributed by atoms with E-state index in [1.54, 1.807) is 13.0 Å². The van der Waals surface area contributed by atoms with Gasteiger partial charge in [-0.3, -0.25) is 4.79 Å². The molecule has 1 amide bonds. The summed E-state index contributed by atoms with van der Waals surface area (Å²) >= 11 is 1.12. The molecule has 13 heavy (non-hydrogen) atoms. The number of carbonyl (C=O) groups excluding carboxylic acids is 1. The van der Waals surface area contributed by atoms with Crippen LogP contribution in [0, 0.1) is 6.92 Å². The van der Waals surface area contributed by atoms with Gasteiger partial charge in [0, 0.05) is 4.88 Å². The van der Waals surface area contributed by atoms with E-state index in [0.717, 1.165) is 16.2 Å². The number of thiophene rings is 1. The van der Waals surface area contributed by atoms with Crippen molar-refractivity contribution in [3.63, 3.8) is 0 Å². The van der Waals surface area contributed by atoms with Gasteiger partial charge in [-0.15, -0.1) is 11.3 Å². The van der Waals surface area contributed by atoms with Gasteiger partial charge in [-0.05, 0) is 13.0 Å². The second-order valence-electron chi connectivity index (χ2n) is 2.49. The molecule has 1 aromatic heterocycles. The topological polar surface area (TPSA) is 63.2 Å². The molecule has 0 saturated carbocycles. The van der Waals surface area contributed by atoms with Crippen LogP contribution in [-0.4, -0.2) is 43.9 Å². The molecule has 2 heterocycles. The van der Waals surface area contributed by atoms with E-state index in [1.807, 2.05) is 4.72 Å². The molecule has 4 nitrogen and oxygen atoms in total. The van der Waals surface area contributed by atoms with Crippen LogP contribution in [0.1, 0.15) is 15.2 Å². The van der Waals surface area contributed by atoms with Gasteiger partial charge in [0.2, 0.25) is 0 Å². The maximum absolute atomic E-state index is 11.2. The standard InChI is InChI=1S/C6H5NO3S2.Na.H/c1-3-2-4-5(8)7-12(9,10)6(4)11-3;;/h2H,1H3,(H,7,8);;. The molecule has 0 radical (unpaired) electrons. The Hall–Kier alpha value is 0.120. The molecule has 1 N–H and O–H groups in total. The molecule has 0 aromatic carbocycles. The number of carbonyl (C=O) groups is 1. The van der Waals surface area contributed by atoms with E-state index in [0.29, 0.717) is 0 Å². The van der Waals surface area contributed by atoms with E-state index in [9.17, 15) is 13.2 Å². The number of fused-ring (bicyclic) bond motifs is 1. The molecule has 1 aliphatic rings. The summed E-state index contributed by atoms with van der Waals surface area (Å²) in [5.74, 6) is -0.519. The van der Waals surface area contributed by atoms with E-state index in [4.69, 9.17) is 0 Å². The first kappa shape index (κ1) is 11.2. The summed E-state index contributed by atoms with van der Waals surface area (Å²) in [5.41, 5.74) is 0.275. The molecule has 1 aliphatic heterocycles. The summed E-state index contributed by atoms with van der Waals surface area (Å²) in [5, 5.41) is 0. The first-order valence-corrected chi connectivity index (χ1v) is 5.48. The summed E-state index contributed by atoms with van der Waals surface area (Å²) in [6.45, 7) is 1.77. The summed E-state index contributed by atoms with van der Waals surface area (Å²) in [4.78, 5) is 11.8. The van der Waals surface area contributed by atoms with E-state index in [-0.39, 0.29) is 39.3 Å². The molecule has 0 atom stereocenters. The molecule has 7 heteroatoms. The number of sulfonamides is 1. The van der Waals surface area contributed by atoms with Gasteiger partial charge in [0.25, 0.3) is 15.9 Å². The van der Waals surface area contributed by atoms with Crippen LogP contribution in [0.15, 0.2) is 10.3 Å². The molecule has 0 fully saturated rings. The quantitative estimate of drug-likeness (QED) is 0.626. The molecule has 0 unspecified atom stereocenters. The summed E-state index contributed by atoms with van der Waals surface area (Å²) < 4.78 is 24.4. The van der Waals surface area contributed by atoms with Crippen molar-refractivity contribution in [1.29, 1.82) is 0 Å². The molecular formula is C6H6NNaO3S2. The van der Waals surface area contributed by atoms with Gasteiger partial charge in [-0.2, -0.15) is 0 Å². The predicted octanol–water partition coefficient (Wildman–Crippen LogP) is -0.160. The van der Waals surface area contributed by atoms with Crippen molar-refractivity contribution >= 4 is 56.8 Å². The van der Waals surface area contributed by atoms with Crippen LogP contribution in [0.3, 0.4) is 0 Å². The normalized spacial score (nSPS) is 17.5. The molecule has 2 rings (SSSR count). The summed E-state index contributed by atoms with van der Waals surface area (Å²) in [7, 11) is -3.51. The zero-order valence-electron chi connectivity index (χ0n) is 6.12. The second-order valence-corrected chi connectivity index (χ2v) is 5.63. The number of hydrogen-bond donors (Lipinski definition) is 1. The monoisotopic (exact) mass is 227 g/mol. The zero-order chi connectivity index (χ0) is 8.93. The first-order chi connectivity index (χ1) is 5.50. The van der Waals surface area contributed by atoms with Crippen LogP contribution >= 0.6 is 11.3 Å². The molecule has 1 aromatic rings. The number of hydrogen-bond acceptors (Lipinski definition) is 4. The SMILES string of the molecule is Cc1cc2c(s1)S(=O)(=O)NC2=O.[NaH]. The van der Waals surface area contributed by atoms with Crippen molar-refractivity contribution in [1.82, 2.24) is 4.72 Å². The van der Waals surface area contributed by atoms with Crippen molar-refractivity contribution in [2.24, 2.45) is 0 Å². The van der Waals surface area contributed by atoms with Gasteiger partial charge in [0.1, 0.15) is 0 Å². The third kappa shape index (κ3) is 1.69. The molecule has 66 valence electrons. The van der Waals surface area contributed by atoms with Gasteiger partial charge in [0.05, 0.1) is 5.56 Å². The Bertz CT molecular complexity index is 462. The average Bonchev–Trinajstić information content (AvgIpc) is 2.37. The van der Waals surface area contributed by atoms with Crippen molar-refractivity contribution in [3.8, 4) is 0 Å². The Balaban J connectivity index is 0.000000845. The van der Waals surface area contributed by atoms with Gasteiger partial charge in [0.15, 0.2) is 4.21 Å². The number of aryl methyl sites for hydroxylation is 1. The Kier molecular flexibility index (Phi) is 2.89. The maximum atomic E-state index is 11.2. The number of rotatable bonds is 0. The predicted molar refractivity (Wildman–Crippen MR) is 50.9 cm³/mol. The van der Waals surface area contributed by atoms with Crippen molar-refractivity contribution in [2.75, 3.05) is 0 Å². The fourth-order valence-electron chi connectivity index (χ4n) is 1.07. The second kappa shape index (κ2) is 3.36. The average molecular weight is 227 g/mol. The number of nitrogens with one attached hydrogen (secondary N) is 1. The Morgan fingerprint density at radius 2 is 2.08 bits per heavy atom. The first-order valence-electron chi connectivity index (χ1n) is 3.18. The fourth-order valence-corrected chi connectivity index (χ4v) is 3.65. The van der Waals surface area contributed by atoms with Crippen LogP contribution in [0.5, 0.6) is 0 Å². The zero-order valence-corrected chi connectivity index (χ0v) is 7.75. The Morgan fingerprint density at radius 1 is 1.46 bits per heavy atom. The van der Waals surface area contributed by atoms with Crippen LogP contribution in [-0.2, 0) is 10.0 Å². The van der Waals surface area contributed by atoms with E-state index in [1.165, 1.54) is 0 Å². The van der Waals surface area contributed by atoms with Crippen LogP contribution in [0.25, 0.3) is 0 Å². The van der Waals surface area contributed by atoms with E-state index in [2.05, 4.69) is 0 Å². The van der Waals surface area contributed by atoms with E-state index >= 15 is 0 Å². The van der Waals surface area contributed by atoms with Crippen molar-refractivity contribution in [3.05, 3.63) is 16.5 Å². The molecule has 0 aliphatic carbocycles. The molecular weight excluding hydrogens is 221 g/mol. The van der Waals surface area contributed by atoms with Gasteiger partial charge in [-0.1, -0.05) is 0 Å². The number of amides is 1. The summed E-state index contributed by atoms with van der Waals surface area (Å²) in [6, 6.07) is 1.58. The Labute approximate surface area is 102 Å². The van der Waals surface area contributed by atoms with Crippen LogP contribution < -0.4 is 4.72 Å². The molecule has 0 bridgehead atoms. The van der Waals surface area contributed by atoms with Crippen LogP contribution in [0.4, 0.5) is 0 Å². The van der Waals surface area contributed by atoms with Crippen molar-refractivity contribution in [2.45, 2.75) is 11.1 Å². The fraction of sp³-hybridized carbons (Fsp3) is 0.167. The minimum atomic E-state index is -3.51. The van der Waals surface area contributed by atoms with E-state index < -0.39 is 15.9 Å². The summed E-state index contributed by atoms with van der Waals surface area (Å²) in [6.07, 6.45) is 0. The van der Waals surface area contributed by atoms with Gasteiger partial charge in [-0.25, -0.2) is 13.1 Å². The third-order valence-corrected chi connectivity index (χ3v) is 4.45.